The van der Waals surface area contributed by atoms with Gasteiger partial charge in [-0.2, -0.15) is 5.10 Å². The molecule has 0 aliphatic rings. The number of nitrogens with zero attached hydrogens (tertiary/aromatic N) is 2. The molecule has 0 unspecified atom stereocenters. The van der Waals surface area contributed by atoms with Crippen molar-refractivity contribution in [3.05, 3.63) is 30.7 Å². The molecule has 0 spiro atoms. The molecule has 0 atom stereocenters. The van der Waals surface area contributed by atoms with E-state index in [4.69, 9.17) is 5.73 Å². The average Bonchev–Trinajstić information content (AvgIpc) is 2.65. The van der Waals surface area contributed by atoms with Gasteiger partial charge in [0.25, 0.3) is 10.0 Å². The molecule has 0 amide bonds. The molecule has 0 radical (unpaired) electrons. The lowest BCUT2D eigenvalue weighted by Crippen LogP contribution is -2.14. The van der Waals surface area contributed by atoms with Gasteiger partial charge in [-0.3, -0.25) is 14.8 Å². The van der Waals surface area contributed by atoms with E-state index in [2.05, 4.69) is 19.9 Å². The molecule has 2 aromatic rings. The van der Waals surface area contributed by atoms with Crippen LogP contribution in [-0.2, 0) is 10.0 Å². The zero-order valence-corrected chi connectivity index (χ0v) is 8.90. The minimum atomic E-state index is -3.67. The molecular weight excluding hydrogens is 230 g/mol. The van der Waals surface area contributed by atoms with E-state index in [0.717, 1.165) is 0 Å². The monoisotopic (exact) mass is 239 g/mol. The van der Waals surface area contributed by atoms with Gasteiger partial charge in [-0.25, -0.2) is 8.42 Å². The number of aromatic nitrogens is 3. The van der Waals surface area contributed by atoms with Crippen LogP contribution in [0.4, 0.5) is 11.5 Å². The molecular formula is C8H9N5O2S. The van der Waals surface area contributed by atoms with Crippen molar-refractivity contribution >= 4 is 21.5 Å². The molecule has 0 saturated carbocycles. The van der Waals surface area contributed by atoms with Crippen LogP contribution >= 0.6 is 0 Å². The van der Waals surface area contributed by atoms with E-state index in [1.807, 2.05) is 0 Å². The Kier molecular flexibility index (Phi) is 2.49. The minimum absolute atomic E-state index is 0.0593. The first-order chi connectivity index (χ1) is 7.59. The summed E-state index contributed by atoms with van der Waals surface area (Å²) in [5.74, 6) is 0.142. The number of nitrogens with one attached hydrogen (secondary N) is 2. The van der Waals surface area contributed by atoms with Crippen molar-refractivity contribution in [2.75, 3.05) is 10.5 Å². The van der Waals surface area contributed by atoms with Gasteiger partial charge in [-0.1, -0.05) is 0 Å². The lowest BCUT2D eigenvalue weighted by atomic mass is 10.5. The topological polar surface area (TPSA) is 114 Å². The van der Waals surface area contributed by atoms with Crippen LogP contribution in [0.15, 0.2) is 35.6 Å². The van der Waals surface area contributed by atoms with E-state index in [-0.39, 0.29) is 16.4 Å². The molecule has 2 rings (SSSR count). The number of hydrogen-bond donors (Lipinski definition) is 3. The second kappa shape index (κ2) is 3.81. The van der Waals surface area contributed by atoms with Gasteiger partial charge in [0.05, 0.1) is 11.9 Å². The lowest BCUT2D eigenvalue weighted by Gasteiger charge is -2.05. The van der Waals surface area contributed by atoms with Crippen LogP contribution in [0.2, 0.25) is 0 Å². The van der Waals surface area contributed by atoms with Gasteiger partial charge in [-0.15, -0.1) is 0 Å². The van der Waals surface area contributed by atoms with Gasteiger partial charge < -0.3 is 5.73 Å². The molecule has 0 fully saturated rings. The van der Waals surface area contributed by atoms with Crippen LogP contribution in [0, 0.1) is 0 Å². The van der Waals surface area contributed by atoms with E-state index in [0.29, 0.717) is 0 Å². The first kappa shape index (κ1) is 10.4. The van der Waals surface area contributed by atoms with Crippen molar-refractivity contribution < 1.29 is 8.42 Å². The van der Waals surface area contributed by atoms with Gasteiger partial charge in [0.2, 0.25) is 0 Å². The van der Waals surface area contributed by atoms with E-state index in [1.54, 1.807) is 0 Å². The first-order valence-electron chi connectivity index (χ1n) is 4.31. The molecule has 0 aliphatic heterocycles. The van der Waals surface area contributed by atoms with Gasteiger partial charge in [0.1, 0.15) is 4.90 Å². The van der Waals surface area contributed by atoms with E-state index >= 15 is 0 Å². The largest absolute Gasteiger partial charge is 0.394 e. The number of pyridine rings is 1. The molecule has 0 aliphatic carbocycles. The Morgan fingerprint density at radius 2 is 2.19 bits per heavy atom. The van der Waals surface area contributed by atoms with Crippen molar-refractivity contribution in [2.45, 2.75) is 4.90 Å². The highest BCUT2D eigenvalue weighted by molar-refractivity contribution is 7.92. The van der Waals surface area contributed by atoms with Crippen LogP contribution in [0.3, 0.4) is 0 Å². The molecule has 2 heterocycles. The van der Waals surface area contributed by atoms with Gasteiger partial charge in [0, 0.05) is 12.4 Å². The van der Waals surface area contributed by atoms with Crippen LogP contribution < -0.4 is 10.5 Å². The number of rotatable bonds is 3. The second-order valence-electron chi connectivity index (χ2n) is 2.99. The second-order valence-corrected chi connectivity index (χ2v) is 4.68. The van der Waals surface area contributed by atoms with Crippen molar-refractivity contribution in [2.24, 2.45) is 0 Å². The number of hydrogen-bond acceptors (Lipinski definition) is 5. The van der Waals surface area contributed by atoms with Gasteiger partial charge in [0.15, 0.2) is 5.82 Å². The molecule has 4 N–H and O–H groups in total. The predicted molar refractivity (Wildman–Crippen MR) is 58.0 cm³/mol. The Morgan fingerprint density at radius 3 is 2.75 bits per heavy atom. The first-order valence-corrected chi connectivity index (χ1v) is 5.79. The van der Waals surface area contributed by atoms with Crippen LogP contribution in [0.1, 0.15) is 0 Å². The summed E-state index contributed by atoms with van der Waals surface area (Å²) in [5, 5.41) is 6.05. The molecule has 7 nitrogen and oxygen atoms in total. The van der Waals surface area contributed by atoms with Crippen molar-refractivity contribution in [1.29, 1.82) is 0 Å². The summed E-state index contributed by atoms with van der Waals surface area (Å²) in [5.41, 5.74) is 5.72. The van der Waals surface area contributed by atoms with Crippen LogP contribution in [0.5, 0.6) is 0 Å². The summed E-state index contributed by atoms with van der Waals surface area (Å²) in [6, 6.07) is 2.97. The maximum absolute atomic E-state index is 11.8. The number of anilines is 2. The van der Waals surface area contributed by atoms with Crippen molar-refractivity contribution in [3.63, 3.8) is 0 Å². The molecule has 84 valence electrons. The molecule has 0 bridgehead atoms. The number of aromatic amines is 1. The molecule has 2 aromatic heterocycles. The van der Waals surface area contributed by atoms with Gasteiger partial charge in [-0.05, 0) is 12.1 Å². The fourth-order valence-electron chi connectivity index (χ4n) is 1.08. The van der Waals surface area contributed by atoms with E-state index < -0.39 is 10.0 Å². The quantitative estimate of drug-likeness (QED) is 0.707. The minimum Gasteiger partial charge on any atom is -0.394 e. The average molecular weight is 239 g/mol. The third-order valence-corrected chi connectivity index (χ3v) is 3.18. The molecule has 16 heavy (non-hydrogen) atoms. The molecule has 0 saturated heterocycles. The Balaban J connectivity index is 2.32. The Morgan fingerprint density at radius 1 is 1.38 bits per heavy atom. The lowest BCUT2D eigenvalue weighted by molar-refractivity contribution is 0.600. The van der Waals surface area contributed by atoms with E-state index in [9.17, 15) is 8.42 Å². The maximum Gasteiger partial charge on any atom is 0.264 e. The number of nitrogen functional groups attached to an aromatic ring is 1. The molecule has 8 heteroatoms. The molecule has 0 aromatic carbocycles. The SMILES string of the molecule is Nc1cn[nH]c1NS(=O)(=O)c1cccnc1. The zero-order valence-electron chi connectivity index (χ0n) is 8.08. The fourth-order valence-corrected chi connectivity index (χ4v) is 2.08. The highest BCUT2D eigenvalue weighted by Crippen LogP contribution is 2.17. The third-order valence-electron chi connectivity index (χ3n) is 1.85. The number of H-pyrrole nitrogens is 1. The maximum atomic E-state index is 11.8. The van der Waals surface area contributed by atoms with Crippen molar-refractivity contribution in [1.82, 2.24) is 15.2 Å². The standard InChI is InChI=1S/C8H9N5O2S/c9-7-5-11-12-8(7)13-16(14,15)6-2-1-3-10-4-6/h1-5H,9H2,(H2,11,12,13). The van der Waals surface area contributed by atoms with Crippen LogP contribution in [0.25, 0.3) is 0 Å². The predicted octanol–water partition coefficient (Wildman–Crippen LogP) is 0.188. The highest BCUT2D eigenvalue weighted by atomic mass is 32.2. The number of sulfonamides is 1. The summed E-state index contributed by atoms with van der Waals surface area (Å²) in [4.78, 5) is 3.79. The summed E-state index contributed by atoms with van der Waals surface area (Å²) in [6.07, 6.45) is 4.06. The highest BCUT2D eigenvalue weighted by Gasteiger charge is 2.16. The Labute approximate surface area is 91.8 Å². The third kappa shape index (κ3) is 1.96. The smallest absolute Gasteiger partial charge is 0.264 e. The zero-order chi connectivity index (χ0) is 11.6. The summed E-state index contributed by atoms with van der Waals surface area (Å²) < 4.78 is 25.9. The van der Waals surface area contributed by atoms with Crippen LogP contribution in [-0.4, -0.2) is 23.6 Å². The Hall–Kier alpha value is -2.09. The van der Waals surface area contributed by atoms with Crippen molar-refractivity contribution in [3.8, 4) is 0 Å². The summed E-state index contributed by atoms with van der Waals surface area (Å²) in [7, 11) is -3.67. The summed E-state index contributed by atoms with van der Waals surface area (Å²) >= 11 is 0. The fraction of sp³-hybridized carbons (Fsp3) is 0. The van der Waals surface area contributed by atoms with E-state index in [1.165, 1.54) is 30.7 Å². The number of nitrogens with two attached hydrogens (primary N) is 1. The normalized spacial score (nSPS) is 11.2. The summed E-state index contributed by atoms with van der Waals surface area (Å²) in [6.45, 7) is 0. The van der Waals surface area contributed by atoms with Gasteiger partial charge >= 0.3 is 0 Å². The Bertz CT molecular complexity index is 577.